The molecular weight excluding hydrogens is 264 g/mol. The standard InChI is InChI=1S/C17H26N2O2/c1-14-12-19(13-15-6-4-3-5-7-15)10-8-16(14)18-17(20)9-11-21-2/h3-7,14,16H,8-13H2,1-2H3,(H,18,20)/t14-,16+/m0/s1. The molecule has 2 rings (SSSR count). The molecule has 0 radical (unpaired) electrons. The van der Waals surface area contributed by atoms with Crippen molar-refractivity contribution in [3.8, 4) is 0 Å². The average molecular weight is 290 g/mol. The third kappa shape index (κ3) is 5.14. The van der Waals surface area contributed by atoms with Gasteiger partial charge in [-0.05, 0) is 17.9 Å². The van der Waals surface area contributed by atoms with Crippen LogP contribution in [0.5, 0.6) is 0 Å². The van der Waals surface area contributed by atoms with Gasteiger partial charge < -0.3 is 10.1 Å². The van der Waals surface area contributed by atoms with E-state index in [2.05, 4.69) is 41.4 Å². The predicted molar refractivity (Wildman–Crippen MR) is 83.9 cm³/mol. The highest BCUT2D eigenvalue weighted by atomic mass is 16.5. The lowest BCUT2D eigenvalue weighted by Gasteiger charge is -2.37. The second-order valence-electron chi connectivity index (χ2n) is 5.90. The zero-order valence-corrected chi connectivity index (χ0v) is 13.0. The fourth-order valence-corrected chi connectivity index (χ4v) is 2.91. The lowest BCUT2D eigenvalue weighted by molar-refractivity contribution is -0.123. The summed E-state index contributed by atoms with van der Waals surface area (Å²) in [6.45, 7) is 5.78. The van der Waals surface area contributed by atoms with Gasteiger partial charge in [0.05, 0.1) is 6.61 Å². The van der Waals surface area contributed by atoms with Crippen LogP contribution >= 0.6 is 0 Å². The third-order valence-corrected chi connectivity index (χ3v) is 4.12. The molecule has 0 spiro atoms. The van der Waals surface area contributed by atoms with Crippen LogP contribution in [0, 0.1) is 5.92 Å². The van der Waals surface area contributed by atoms with Gasteiger partial charge in [0.25, 0.3) is 0 Å². The average Bonchev–Trinajstić information content (AvgIpc) is 2.49. The first-order chi connectivity index (χ1) is 10.2. The number of nitrogens with one attached hydrogen (secondary N) is 1. The van der Waals surface area contributed by atoms with Gasteiger partial charge in [0.15, 0.2) is 0 Å². The summed E-state index contributed by atoms with van der Waals surface area (Å²) < 4.78 is 4.94. The first-order valence-electron chi connectivity index (χ1n) is 7.73. The Bertz CT molecular complexity index is 436. The number of carbonyl (C=O) groups is 1. The summed E-state index contributed by atoms with van der Waals surface area (Å²) in [5, 5.41) is 3.14. The second kappa shape index (κ2) is 8.15. The summed E-state index contributed by atoms with van der Waals surface area (Å²) in [5.41, 5.74) is 1.35. The SMILES string of the molecule is COCCC(=O)N[C@@H]1CCN(Cc2ccccc2)C[C@@H]1C. The summed E-state index contributed by atoms with van der Waals surface area (Å²) in [4.78, 5) is 14.3. The zero-order chi connectivity index (χ0) is 15.1. The van der Waals surface area contributed by atoms with E-state index in [4.69, 9.17) is 4.74 Å². The van der Waals surface area contributed by atoms with Crippen molar-refractivity contribution < 1.29 is 9.53 Å². The van der Waals surface area contributed by atoms with Crippen molar-refractivity contribution in [2.75, 3.05) is 26.8 Å². The Balaban J connectivity index is 1.78. The highest BCUT2D eigenvalue weighted by molar-refractivity contribution is 5.76. The van der Waals surface area contributed by atoms with Crippen molar-refractivity contribution >= 4 is 5.91 Å². The number of piperidine rings is 1. The van der Waals surface area contributed by atoms with E-state index in [-0.39, 0.29) is 5.91 Å². The highest BCUT2D eigenvalue weighted by Crippen LogP contribution is 2.19. The molecule has 21 heavy (non-hydrogen) atoms. The van der Waals surface area contributed by atoms with Crippen LogP contribution in [0.25, 0.3) is 0 Å². The number of methoxy groups -OCH3 is 1. The maximum Gasteiger partial charge on any atom is 0.222 e. The molecule has 1 aromatic carbocycles. The first-order valence-corrected chi connectivity index (χ1v) is 7.73. The van der Waals surface area contributed by atoms with E-state index >= 15 is 0 Å². The number of nitrogens with zero attached hydrogens (tertiary/aromatic N) is 1. The Morgan fingerprint density at radius 3 is 2.81 bits per heavy atom. The molecule has 0 aromatic heterocycles. The maximum atomic E-state index is 11.8. The smallest absolute Gasteiger partial charge is 0.222 e. The molecule has 2 atom stereocenters. The minimum Gasteiger partial charge on any atom is -0.384 e. The van der Waals surface area contributed by atoms with Gasteiger partial charge in [0.2, 0.25) is 5.91 Å². The number of likely N-dealkylation sites (tertiary alicyclic amines) is 1. The van der Waals surface area contributed by atoms with E-state index in [1.54, 1.807) is 7.11 Å². The number of benzene rings is 1. The third-order valence-electron chi connectivity index (χ3n) is 4.12. The summed E-state index contributed by atoms with van der Waals surface area (Å²) in [6.07, 6.45) is 1.47. The summed E-state index contributed by atoms with van der Waals surface area (Å²) in [5.74, 6) is 0.583. The van der Waals surface area contributed by atoms with Crippen molar-refractivity contribution in [1.29, 1.82) is 0 Å². The van der Waals surface area contributed by atoms with Crippen molar-refractivity contribution in [3.63, 3.8) is 0 Å². The van der Waals surface area contributed by atoms with Gasteiger partial charge >= 0.3 is 0 Å². The van der Waals surface area contributed by atoms with Gasteiger partial charge in [-0.25, -0.2) is 0 Å². The van der Waals surface area contributed by atoms with Crippen LogP contribution in [0.1, 0.15) is 25.3 Å². The lowest BCUT2D eigenvalue weighted by atomic mass is 9.93. The largest absolute Gasteiger partial charge is 0.384 e. The Morgan fingerprint density at radius 1 is 1.38 bits per heavy atom. The highest BCUT2D eigenvalue weighted by Gasteiger charge is 2.26. The van der Waals surface area contributed by atoms with Crippen LogP contribution < -0.4 is 5.32 Å². The molecule has 0 bridgehead atoms. The van der Waals surface area contributed by atoms with Crippen molar-refractivity contribution in [3.05, 3.63) is 35.9 Å². The second-order valence-corrected chi connectivity index (χ2v) is 5.90. The van der Waals surface area contributed by atoms with Crippen molar-refractivity contribution in [2.45, 2.75) is 32.4 Å². The molecule has 1 saturated heterocycles. The van der Waals surface area contributed by atoms with E-state index in [0.717, 1.165) is 26.1 Å². The molecular formula is C17H26N2O2. The minimum atomic E-state index is 0.102. The predicted octanol–water partition coefficient (Wildman–Crippen LogP) is 2.05. The maximum absolute atomic E-state index is 11.8. The number of ether oxygens (including phenoxy) is 1. The normalized spacial score (nSPS) is 23.0. The van der Waals surface area contributed by atoms with Gasteiger partial charge in [-0.1, -0.05) is 37.3 Å². The Morgan fingerprint density at radius 2 is 2.14 bits per heavy atom. The molecule has 116 valence electrons. The van der Waals surface area contributed by atoms with Gasteiger partial charge in [-0.15, -0.1) is 0 Å². The van der Waals surface area contributed by atoms with Crippen LogP contribution in [-0.4, -0.2) is 43.7 Å². The molecule has 1 aromatic rings. The van der Waals surface area contributed by atoms with E-state index in [0.29, 0.717) is 25.0 Å². The minimum absolute atomic E-state index is 0.102. The first kappa shape index (κ1) is 16.0. The van der Waals surface area contributed by atoms with E-state index in [1.165, 1.54) is 5.56 Å². The van der Waals surface area contributed by atoms with Gasteiger partial charge in [0, 0.05) is 39.2 Å². The summed E-state index contributed by atoms with van der Waals surface area (Å²) in [6, 6.07) is 10.9. The molecule has 1 heterocycles. The van der Waals surface area contributed by atoms with Crippen LogP contribution in [0.4, 0.5) is 0 Å². The number of rotatable bonds is 6. The lowest BCUT2D eigenvalue weighted by Crippen LogP contribution is -2.49. The van der Waals surface area contributed by atoms with Gasteiger partial charge in [0.1, 0.15) is 0 Å². The monoisotopic (exact) mass is 290 g/mol. The summed E-state index contributed by atoms with van der Waals surface area (Å²) >= 11 is 0. The molecule has 0 saturated carbocycles. The topological polar surface area (TPSA) is 41.6 Å². The van der Waals surface area contributed by atoms with E-state index < -0.39 is 0 Å². The van der Waals surface area contributed by atoms with Crippen LogP contribution in [-0.2, 0) is 16.1 Å². The zero-order valence-electron chi connectivity index (χ0n) is 13.0. The molecule has 1 fully saturated rings. The number of amides is 1. The van der Waals surface area contributed by atoms with E-state index in [1.807, 2.05) is 6.07 Å². The van der Waals surface area contributed by atoms with Crippen molar-refractivity contribution in [1.82, 2.24) is 10.2 Å². The molecule has 1 aliphatic heterocycles. The Labute approximate surface area is 127 Å². The van der Waals surface area contributed by atoms with Gasteiger partial charge in [-0.3, -0.25) is 9.69 Å². The van der Waals surface area contributed by atoms with Gasteiger partial charge in [-0.2, -0.15) is 0 Å². The molecule has 1 N–H and O–H groups in total. The fraction of sp³-hybridized carbons (Fsp3) is 0.588. The Kier molecular flexibility index (Phi) is 6.21. The number of carbonyl (C=O) groups excluding carboxylic acids is 1. The molecule has 0 unspecified atom stereocenters. The van der Waals surface area contributed by atoms with Crippen molar-refractivity contribution in [2.24, 2.45) is 5.92 Å². The fourth-order valence-electron chi connectivity index (χ4n) is 2.91. The summed E-state index contributed by atoms with van der Waals surface area (Å²) in [7, 11) is 1.62. The van der Waals surface area contributed by atoms with Crippen LogP contribution in [0.3, 0.4) is 0 Å². The van der Waals surface area contributed by atoms with Crippen LogP contribution in [0.2, 0.25) is 0 Å². The molecule has 1 amide bonds. The molecule has 4 heteroatoms. The van der Waals surface area contributed by atoms with E-state index in [9.17, 15) is 4.79 Å². The number of hydrogen-bond donors (Lipinski definition) is 1. The molecule has 4 nitrogen and oxygen atoms in total. The Hall–Kier alpha value is -1.39. The van der Waals surface area contributed by atoms with Crippen LogP contribution in [0.15, 0.2) is 30.3 Å². The molecule has 1 aliphatic rings. The molecule has 0 aliphatic carbocycles. The number of hydrogen-bond acceptors (Lipinski definition) is 3. The quantitative estimate of drug-likeness (QED) is 0.872.